The lowest BCUT2D eigenvalue weighted by molar-refractivity contribution is 0.179. The minimum absolute atomic E-state index is 0.0496. The van der Waals surface area contributed by atoms with Crippen molar-refractivity contribution in [1.82, 2.24) is 9.88 Å². The number of hydrogen-bond acceptors (Lipinski definition) is 4. The molecule has 1 aromatic rings. The number of aromatic nitrogens is 1. The molecule has 4 nitrogen and oxygen atoms in total. The summed E-state index contributed by atoms with van der Waals surface area (Å²) in [5.41, 5.74) is 6.64. The van der Waals surface area contributed by atoms with Gasteiger partial charge in [0, 0.05) is 12.1 Å². The second-order valence-corrected chi connectivity index (χ2v) is 4.89. The Balaban J connectivity index is 2.16. The molecule has 16 heavy (non-hydrogen) atoms. The van der Waals surface area contributed by atoms with Crippen LogP contribution in [0.15, 0.2) is 10.7 Å². The highest BCUT2D eigenvalue weighted by molar-refractivity contribution is 5.05. The first-order chi connectivity index (χ1) is 7.59. The third kappa shape index (κ3) is 2.13. The average Bonchev–Trinajstić information content (AvgIpc) is 2.86. The number of rotatable bonds is 3. The quantitative estimate of drug-likeness (QED) is 0.853. The van der Waals surface area contributed by atoms with Crippen molar-refractivity contribution in [3.63, 3.8) is 0 Å². The zero-order valence-electron chi connectivity index (χ0n) is 10.3. The molecule has 1 aliphatic rings. The smallest absolute Gasteiger partial charge is 0.211 e. The fourth-order valence-electron chi connectivity index (χ4n) is 2.34. The molecule has 0 spiro atoms. The highest BCUT2D eigenvalue weighted by Gasteiger charge is 2.31. The minimum atomic E-state index is -0.0496. The summed E-state index contributed by atoms with van der Waals surface area (Å²) in [5, 5.41) is 0. The van der Waals surface area contributed by atoms with E-state index in [1.807, 2.05) is 6.92 Å². The Bertz CT molecular complexity index is 346. The molecule has 0 aliphatic carbocycles. The van der Waals surface area contributed by atoms with E-state index in [-0.39, 0.29) is 6.04 Å². The molecule has 1 fully saturated rings. The Kier molecular flexibility index (Phi) is 3.30. The van der Waals surface area contributed by atoms with Gasteiger partial charge in [0.2, 0.25) is 5.89 Å². The van der Waals surface area contributed by atoms with Crippen LogP contribution in [0.25, 0.3) is 0 Å². The lowest BCUT2D eigenvalue weighted by Crippen LogP contribution is -2.30. The van der Waals surface area contributed by atoms with Gasteiger partial charge in [-0.2, -0.15) is 0 Å². The van der Waals surface area contributed by atoms with Crippen molar-refractivity contribution in [2.45, 2.75) is 51.7 Å². The summed E-state index contributed by atoms with van der Waals surface area (Å²) in [5.74, 6) is 0.832. The van der Waals surface area contributed by atoms with Crippen LogP contribution in [-0.4, -0.2) is 22.5 Å². The lowest BCUT2D eigenvalue weighted by atomic mass is 10.2. The molecule has 0 amide bonds. The molecule has 1 aromatic heterocycles. The first-order valence-electron chi connectivity index (χ1n) is 6.06. The van der Waals surface area contributed by atoms with Gasteiger partial charge in [0.1, 0.15) is 6.26 Å². The normalized spacial score (nSPS) is 24.2. The number of hydrogen-bond donors (Lipinski definition) is 1. The molecule has 2 N–H and O–H groups in total. The van der Waals surface area contributed by atoms with Crippen LogP contribution in [0, 0.1) is 0 Å². The summed E-state index contributed by atoms with van der Waals surface area (Å²) in [4.78, 5) is 6.93. The van der Waals surface area contributed by atoms with Gasteiger partial charge in [-0.1, -0.05) is 0 Å². The van der Waals surface area contributed by atoms with E-state index in [0.29, 0.717) is 12.1 Å². The van der Waals surface area contributed by atoms with Crippen molar-refractivity contribution in [3.8, 4) is 0 Å². The third-order valence-electron chi connectivity index (χ3n) is 3.25. The molecule has 0 saturated carbocycles. The zero-order chi connectivity index (χ0) is 11.7. The van der Waals surface area contributed by atoms with Gasteiger partial charge in [-0.15, -0.1) is 0 Å². The minimum Gasteiger partial charge on any atom is -0.447 e. The number of likely N-dealkylation sites (tertiary alicyclic amines) is 1. The molecule has 2 atom stereocenters. The van der Waals surface area contributed by atoms with E-state index in [4.69, 9.17) is 10.2 Å². The van der Waals surface area contributed by atoms with Gasteiger partial charge in [-0.25, -0.2) is 4.98 Å². The van der Waals surface area contributed by atoms with Gasteiger partial charge in [-0.3, -0.25) is 4.90 Å². The average molecular weight is 223 g/mol. The van der Waals surface area contributed by atoms with Crippen molar-refractivity contribution in [1.29, 1.82) is 0 Å². The Hall–Kier alpha value is -0.870. The van der Waals surface area contributed by atoms with Crippen molar-refractivity contribution in [2.24, 2.45) is 5.73 Å². The SMILES string of the molecule is CC(N)c1coc(C2CCCN2C(C)C)n1. The molecule has 90 valence electrons. The summed E-state index contributed by atoms with van der Waals surface area (Å²) in [6.07, 6.45) is 4.05. The van der Waals surface area contributed by atoms with E-state index in [9.17, 15) is 0 Å². The van der Waals surface area contributed by atoms with Crippen LogP contribution >= 0.6 is 0 Å². The zero-order valence-corrected chi connectivity index (χ0v) is 10.3. The largest absolute Gasteiger partial charge is 0.447 e. The maximum atomic E-state index is 5.78. The highest BCUT2D eigenvalue weighted by atomic mass is 16.3. The lowest BCUT2D eigenvalue weighted by Gasteiger charge is -2.25. The predicted molar refractivity (Wildman–Crippen MR) is 62.9 cm³/mol. The van der Waals surface area contributed by atoms with Gasteiger partial charge < -0.3 is 10.2 Å². The van der Waals surface area contributed by atoms with E-state index in [2.05, 4.69) is 23.7 Å². The van der Waals surface area contributed by atoms with Gasteiger partial charge in [-0.05, 0) is 40.2 Å². The van der Waals surface area contributed by atoms with Gasteiger partial charge in [0.05, 0.1) is 11.7 Å². The Morgan fingerprint density at radius 3 is 2.81 bits per heavy atom. The molecule has 2 unspecified atom stereocenters. The van der Waals surface area contributed by atoms with Crippen LogP contribution in [0.1, 0.15) is 57.3 Å². The molecular weight excluding hydrogens is 202 g/mol. The summed E-state index contributed by atoms with van der Waals surface area (Å²) in [6.45, 7) is 7.50. The molecule has 0 radical (unpaired) electrons. The topological polar surface area (TPSA) is 55.3 Å². The maximum Gasteiger partial charge on any atom is 0.211 e. The first kappa shape index (κ1) is 11.6. The second kappa shape index (κ2) is 4.55. The summed E-state index contributed by atoms with van der Waals surface area (Å²) >= 11 is 0. The molecule has 0 aromatic carbocycles. The fourth-order valence-corrected chi connectivity index (χ4v) is 2.34. The van der Waals surface area contributed by atoms with E-state index >= 15 is 0 Å². The van der Waals surface area contributed by atoms with Crippen LogP contribution in [0.4, 0.5) is 0 Å². The van der Waals surface area contributed by atoms with Crippen molar-refractivity contribution in [2.75, 3.05) is 6.54 Å². The summed E-state index contributed by atoms with van der Waals surface area (Å²) in [7, 11) is 0. The molecule has 0 bridgehead atoms. The Labute approximate surface area is 96.8 Å². The van der Waals surface area contributed by atoms with Gasteiger partial charge >= 0.3 is 0 Å². The first-order valence-corrected chi connectivity index (χ1v) is 6.06. The molecule has 1 saturated heterocycles. The summed E-state index contributed by atoms with van der Waals surface area (Å²) in [6, 6.07) is 0.831. The van der Waals surface area contributed by atoms with Crippen molar-refractivity contribution in [3.05, 3.63) is 17.8 Å². The standard InChI is InChI=1S/C12H21N3O/c1-8(2)15-6-4-5-11(15)12-14-10(7-16-12)9(3)13/h7-9,11H,4-6,13H2,1-3H3. The Morgan fingerprint density at radius 2 is 2.25 bits per heavy atom. The number of oxazole rings is 1. The Morgan fingerprint density at radius 1 is 1.50 bits per heavy atom. The van der Waals surface area contributed by atoms with Crippen LogP contribution in [0.5, 0.6) is 0 Å². The van der Waals surface area contributed by atoms with Crippen LogP contribution in [-0.2, 0) is 0 Å². The molecule has 2 heterocycles. The van der Waals surface area contributed by atoms with Crippen LogP contribution in [0.3, 0.4) is 0 Å². The number of nitrogens with two attached hydrogens (primary N) is 1. The number of nitrogens with zero attached hydrogens (tertiary/aromatic N) is 2. The van der Waals surface area contributed by atoms with E-state index in [1.54, 1.807) is 6.26 Å². The van der Waals surface area contributed by atoms with Crippen molar-refractivity contribution >= 4 is 0 Å². The molecule has 4 heteroatoms. The molecular formula is C12H21N3O. The summed E-state index contributed by atoms with van der Waals surface area (Å²) < 4.78 is 5.56. The monoisotopic (exact) mass is 223 g/mol. The molecule has 2 rings (SSSR count). The van der Waals surface area contributed by atoms with E-state index in [1.165, 1.54) is 6.42 Å². The maximum absolute atomic E-state index is 5.78. The van der Waals surface area contributed by atoms with E-state index < -0.39 is 0 Å². The van der Waals surface area contributed by atoms with Crippen LogP contribution < -0.4 is 5.73 Å². The third-order valence-corrected chi connectivity index (χ3v) is 3.25. The van der Waals surface area contributed by atoms with Gasteiger partial charge in [0.15, 0.2) is 0 Å². The van der Waals surface area contributed by atoms with Crippen LogP contribution in [0.2, 0.25) is 0 Å². The fraction of sp³-hybridized carbons (Fsp3) is 0.750. The second-order valence-electron chi connectivity index (χ2n) is 4.89. The molecule has 1 aliphatic heterocycles. The van der Waals surface area contributed by atoms with Crippen molar-refractivity contribution < 1.29 is 4.42 Å². The predicted octanol–water partition coefficient (Wildman–Crippen LogP) is 2.24. The highest BCUT2D eigenvalue weighted by Crippen LogP contribution is 2.33. The van der Waals surface area contributed by atoms with E-state index in [0.717, 1.165) is 24.6 Å². The van der Waals surface area contributed by atoms with Gasteiger partial charge in [0.25, 0.3) is 0 Å².